The lowest BCUT2D eigenvalue weighted by atomic mass is 9.94. The van der Waals surface area contributed by atoms with Crippen molar-refractivity contribution in [3.05, 3.63) is 35.4 Å². The van der Waals surface area contributed by atoms with Gasteiger partial charge in [0.05, 0.1) is 11.6 Å². The van der Waals surface area contributed by atoms with Crippen molar-refractivity contribution in [2.75, 3.05) is 13.1 Å². The summed E-state index contributed by atoms with van der Waals surface area (Å²) < 4.78 is 0. The van der Waals surface area contributed by atoms with E-state index in [0.717, 1.165) is 32.5 Å². The number of rotatable bonds is 5. The van der Waals surface area contributed by atoms with E-state index in [0.29, 0.717) is 11.5 Å². The number of nitriles is 1. The molecule has 23 heavy (non-hydrogen) atoms. The average molecular weight is 313 g/mol. The van der Waals surface area contributed by atoms with Crippen LogP contribution in [0.3, 0.4) is 0 Å². The number of hydrogen-bond donors (Lipinski definition) is 1. The second-order valence-electron chi connectivity index (χ2n) is 6.90. The van der Waals surface area contributed by atoms with Gasteiger partial charge in [0.25, 0.3) is 0 Å². The first-order valence-electron chi connectivity index (χ1n) is 8.51. The van der Waals surface area contributed by atoms with Gasteiger partial charge in [-0.2, -0.15) is 5.26 Å². The van der Waals surface area contributed by atoms with Crippen LogP contribution in [-0.2, 0) is 11.3 Å². The summed E-state index contributed by atoms with van der Waals surface area (Å²) in [4.78, 5) is 14.7. The fraction of sp³-hybridized carbons (Fsp3) is 0.579. The van der Waals surface area contributed by atoms with E-state index >= 15 is 0 Å². The van der Waals surface area contributed by atoms with Gasteiger partial charge >= 0.3 is 0 Å². The highest BCUT2D eigenvalue weighted by Gasteiger charge is 2.26. The number of carbonyl (C=O) groups excluding carboxylic acids is 1. The lowest BCUT2D eigenvalue weighted by Crippen LogP contribution is -2.44. The van der Waals surface area contributed by atoms with Crippen LogP contribution in [0.4, 0.5) is 0 Å². The first-order valence-corrected chi connectivity index (χ1v) is 8.51. The first-order chi connectivity index (χ1) is 11.0. The van der Waals surface area contributed by atoms with E-state index in [2.05, 4.69) is 37.1 Å². The smallest absolute Gasteiger partial charge is 0.223 e. The topological polar surface area (TPSA) is 56.1 Å². The Balaban J connectivity index is 1.79. The lowest BCUT2D eigenvalue weighted by molar-refractivity contribution is -0.127. The number of nitrogens with zero attached hydrogens (tertiary/aromatic N) is 2. The molecule has 1 fully saturated rings. The highest BCUT2D eigenvalue weighted by molar-refractivity contribution is 5.79. The molecule has 4 nitrogen and oxygen atoms in total. The van der Waals surface area contributed by atoms with Crippen LogP contribution in [0.5, 0.6) is 0 Å². The lowest BCUT2D eigenvalue weighted by Gasteiger charge is -2.32. The van der Waals surface area contributed by atoms with Crippen LogP contribution in [0.15, 0.2) is 24.3 Å². The third kappa shape index (κ3) is 5.07. The summed E-state index contributed by atoms with van der Waals surface area (Å²) in [5.74, 6) is 0.827. The number of hydrogen-bond acceptors (Lipinski definition) is 3. The Morgan fingerprint density at radius 2 is 1.87 bits per heavy atom. The van der Waals surface area contributed by atoms with E-state index in [9.17, 15) is 4.79 Å². The molecule has 1 aromatic carbocycles. The normalized spacial score (nSPS) is 17.7. The van der Waals surface area contributed by atoms with Crippen molar-refractivity contribution >= 4 is 5.91 Å². The molecule has 1 saturated heterocycles. The third-order valence-corrected chi connectivity index (χ3v) is 4.82. The van der Waals surface area contributed by atoms with E-state index in [4.69, 9.17) is 5.26 Å². The SMILES string of the molecule is CC(C)C(C)NC(=O)C1CCN(Cc2ccc(C#N)cc2)CC1. The van der Waals surface area contributed by atoms with Gasteiger partial charge in [-0.3, -0.25) is 9.69 Å². The summed E-state index contributed by atoms with van der Waals surface area (Å²) in [5.41, 5.74) is 1.92. The first kappa shape index (κ1) is 17.5. The van der Waals surface area contributed by atoms with Gasteiger partial charge in [-0.05, 0) is 56.5 Å². The summed E-state index contributed by atoms with van der Waals surface area (Å²) in [6.45, 7) is 9.13. The zero-order valence-corrected chi connectivity index (χ0v) is 14.4. The number of nitrogens with one attached hydrogen (secondary N) is 1. The summed E-state index contributed by atoms with van der Waals surface area (Å²) in [5, 5.41) is 12.0. The van der Waals surface area contributed by atoms with Crippen LogP contribution in [0.2, 0.25) is 0 Å². The molecule has 1 aliphatic rings. The molecular weight excluding hydrogens is 286 g/mol. The zero-order valence-electron chi connectivity index (χ0n) is 14.4. The molecule has 4 heteroatoms. The summed E-state index contributed by atoms with van der Waals surface area (Å²) in [7, 11) is 0. The van der Waals surface area contributed by atoms with Crippen LogP contribution in [-0.4, -0.2) is 29.9 Å². The van der Waals surface area contributed by atoms with Crippen molar-refractivity contribution < 1.29 is 4.79 Å². The molecule has 1 atom stereocenters. The van der Waals surface area contributed by atoms with Crippen molar-refractivity contribution in [3.63, 3.8) is 0 Å². The Bertz CT molecular complexity index is 551. The fourth-order valence-electron chi connectivity index (χ4n) is 2.81. The summed E-state index contributed by atoms with van der Waals surface area (Å²) in [6, 6.07) is 10.1. The predicted molar refractivity (Wildman–Crippen MR) is 91.6 cm³/mol. The van der Waals surface area contributed by atoms with Gasteiger partial charge in [0, 0.05) is 18.5 Å². The van der Waals surface area contributed by atoms with Crippen molar-refractivity contribution in [2.24, 2.45) is 11.8 Å². The Hall–Kier alpha value is -1.86. The second kappa shape index (κ2) is 8.12. The van der Waals surface area contributed by atoms with E-state index in [1.165, 1.54) is 5.56 Å². The summed E-state index contributed by atoms with van der Waals surface area (Å²) in [6.07, 6.45) is 1.85. The van der Waals surface area contributed by atoms with E-state index < -0.39 is 0 Å². The predicted octanol–water partition coefficient (Wildman–Crippen LogP) is 2.93. The minimum absolute atomic E-state index is 0.147. The molecule has 124 valence electrons. The maximum absolute atomic E-state index is 12.3. The highest BCUT2D eigenvalue weighted by atomic mass is 16.1. The van der Waals surface area contributed by atoms with Crippen molar-refractivity contribution in [1.82, 2.24) is 10.2 Å². The summed E-state index contributed by atoms with van der Waals surface area (Å²) >= 11 is 0. The molecule has 1 aromatic rings. The molecular formula is C19H27N3O. The van der Waals surface area contributed by atoms with Gasteiger partial charge in [-0.1, -0.05) is 26.0 Å². The zero-order chi connectivity index (χ0) is 16.8. The maximum Gasteiger partial charge on any atom is 0.223 e. The number of carbonyl (C=O) groups is 1. The Morgan fingerprint density at radius 1 is 1.26 bits per heavy atom. The molecule has 0 bridgehead atoms. The van der Waals surface area contributed by atoms with Crippen molar-refractivity contribution in [3.8, 4) is 6.07 Å². The maximum atomic E-state index is 12.3. The van der Waals surface area contributed by atoms with E-state index in [1.807, 2.05) is 24.3 Å². The van der Waals surface area contributed by atoms with Crippen LogP contribution in [0.25, 0.3) is 0 Å². The molecule has 1 amide bonds. The molecule has 1 heterocycles. The third-order valence-electron chi connectivity index (χ3n) is 4.82. The number of amides is 1. The average Bonchev–Trinajstić information content (AvgIpc) is 2.56. The monoisotopic (exact) mass is 313 g/mol. The largest absolute Gasteiger partial charge is 0.353 e. The molecule has 1 unspecified atom stereocenters. The second-order valence-corrected chi connectivity index (χ2v) is 6.90. The molecule has 0 spiro atoms. The van der Waals surface area contributed by atoms with Crippen LogP contribution in [0.1, 0.15) is 44.7 Å². The van der Waals surface area contributed by atoms with Gasteiger partial charge in [0.1, 0.15) is 0 Å². The van der Waals surface area contributed by atoms with Crippen LogP contribution >= 0.6 is 0 Å². The minimum Gasteiger partial charge on any atom is -0.353 e. The number of benzene rings is 1. The molecule has 0 aromatic heterocycles. The van der Waals surface area contributed by atoms with Crippen LogP contribution in [0, 0.1) is 23.2 Å². The van der Waals surface area contributed by atoms with Gasteiger partial charge in [-0.15, -0.1) is 0 Å². The molecule has 1 aliphatic heterocycles. The minimum atomic E-state index is 0.147. The van der Waals surface area contributed by atoms with Gasteiger partial charge < -0.3 is 5.32 Å². The number of likely N-dealkylation sites (tertiary alicyclic amines) is 1. The molecule has 0 aliphatic carbocycles. The highest BCUT2D eigenvalue weighted by Crippen LogP contribution is 2.20. The fourth-order valence-corrected chi connectivity index (χ4v) is 2.81. The molecule has 2 rings (SSSR count). The quantitative estimate of drug-likeness (QED) is 0.909. The van der Waals surface area contributed by atoms with Gasteiger partial charge in [-0.25, -0.2) is 0 Å². The Kier molecular flexibility index (Phi) is 6.18. The molecule has 1 N–H and O–H groups in total. The van der Waals surface area contributed by atoms with E-state index in [-0.39, 0.29) is 17.9 Å². The van der Waals surface area contributed by atoms with Crippen LogP contribution < -0.4 is 5.32 Å². The van der Waals surface area contributed by atoms with Gasteiger partial charge in [0.15, 0.2) is 0 Å². The van der Waals surface area contributed by atoms with Crippen molar-refractivity contribution in [2.45, 2.75) is 46.2 Å². The number of piperidine rings is 1. The standard InChI is InChI=1S/C19H27N3O/c1-14(2)15(3)21-19(23)18-8-10-22(11-9-18)13-17-6-4-16(12-20)5-7-17/h4-7,14-15,18H,8-11,13H2,1-3H3,(H,21,23). The molecule has 0 saturated carbocycles. The molecule has 0 radical (unpaired) electrons. The Morgan fingerprint density at radius 3 is 2.39 bits per heavy atom. The van der Waals surface area contributed by atoms with Crippen molar-refractivity contribution in [1.29, 1.82) is 5.26 Å². The Labute approximate surface area is 139 Å². The van der Waals surface area contributed by atoms with Gasteiger partial charge in [0.2, 0.25) is 5.91 Å². The van der Waals surface area contributed by atoms with E-state index in [1.54, 1.807) is 0 Å².